The molecular formula is C20H27N5O3. The van der Waals surface area contributed by atoms with Crippen LogP contribution in [0.15, 0.2) is 30.5 Å². The highest BCUT2D eigenvalue weighted by Gasteiger charge is 2.19. The van der Waals surface area contributed by atoms with E-state index in [4.69, 9.17) is 4.74 Å². The first-order chi connectivity index (χ1) is 13.5. The zero-order chi connectivity index (χ0) is 20.1. The molecule has 1 saturated heterocycles. The molecule has 2 aromatic rings. The van der Waals surface area contributed by atoms with Gasteiger partial charge in [-0.05, 0) is 50.6 Å². The van der Waals surface area contributed by atoms with Crippen LogP contribution in [0.3, 0.4) is 0 Å². The number of amides is 2. The predicted molar refractivity (Wildman–Crippen MR) is 107 cm³/mol. The number of carbonyl (C=O) groups is 2. The molecule has 0 radical (unpaired) electrons. The summed E-state index contributed by atoms with van der Waals surface area (Å²) in [5, 5.41) is 10.6. The molecule has 150 valence electrons. The smallest absolute Gasteiger partial charge is 0.276 e. The fraction of sp³-hybridized carbons (Fsp3) is 0.450. The molecule has 1 fully saturated rings. The number of rotatable bonds is 6. The third-order valence-electron chi connectivity index (χ3n) is 4.67. The molecule has 1 aromatic carbocycles. The Labute approximate surface area is 164 Å². The Bertz CT molecular complexity index is 840. The summed E-state index contributed by atoms with van der Waals surface area (Å²) >= 11 is 0. The summed E-state index contributed by atoms with van der Waals surface area (Å²) in [6, 6.07) is 6.98. The molecule has 2 N–H and O–H groups in total. The van der Waals surface area contributed by atoms with Gasteiger partial charge in [0.15, 0.2) is 5.69 Å². The lowest BCUT2D eigenvalue weighted by Gasteiger charge is -2.22. The molecule has 1 aliphatic rings. The summed E-state index contributed by atoms with van der Waals surface area (Å²) in [6.45, 7) is 4.19. The maximum absolute atomic E-state index is 12.7. The molecule has 8 nitrogen and oxygen atoms in total. The zero-order valence-corrected chi connectivity index (χ0v) is 16.6. The van der Waals surface area contributed by atoms with Crippen LogP contribution in [0.25, 0.3) is 0 Å². The maximum atomic E-state index is 12.7. The van der Waals surface area contributed by atoms with E-state index in [-0.39, 0.29) is 17.9 Å². The van der Waals surface area contributed by atoms with Gasteiger partial charge in [0.2, 0.25) is 0 Å². The SMILES string of the molecule is CCOc1ccc(C(=O)N(C)C)cc1NC(=O)c1ccn(C2CCCNC2)n1. The van der Waals surface area contributed by atoms with Crippen LogP contribution in [0.4, 0.5) is 5.69 Å². The molecule has 2 heterocycles. The second kappa shape index (κ2) is 8.88. The van der Waals surface area contributed by atoms with Crippen LogP contribution >= 0.6 is 0 Å². The predicted octanol–water partition coefficient (Wildman–Crippen LogP) is 2.16. The van der Waals surface area contributed by atoms with Gasteiger partial charge >= 0.3 is 0 Å². The highest BCUT2D eigenvalue weighted by molar-refractivity contribution is 6.04. The van der Waals surface area contributed by atoms with Crippen LogP contribution in [0.1, 0.15) is 46.7 Å². The summed E-state index contributed by atoms with van der Waals surface area (Å²) in [6.07, 6.45) is 3.97. The molecule has 1 aromatic heterocycles. The fourth-order valence-electron chi connectivity index (χ4n) is 3.21. The second-order valence-electron chi connectivity index (χ2n) is 6.98. The van der Waals surface area contributed by atoms with Crippen molar-refractivity contribution in [1.82, 2.24) is 20.0 Å². The van der Waals surface area contributed by atoms with Gasteiger partial charge in [-0.25, -0.2) is 0 Å². The van der Waals surface area contributed by atoms with Gasteiger partial charge in [0.05, 0.1) is 18.3 Å². The molecule has 8 heteroatoms. The Hall–Kier alpha value is -2.87. The third-order valence-corrected chi connectivity index (χ3v) is 4.67. The highest BCUT2D eigenvalue weighted by atomic mass is 16.5. The van der Waals surface area contributed by atoms with E-state index < -0.39 is 0 Å². The van der Waals surface area contributed by atoms with E-state index in [0.717, 1.165) is 25.9 Å². The van der Waals surface area contributed by atoms with Crippen molar-refractivity contribution in [2.24, 2.45) is 0 Å². The van der Waals surface area contributed by atoms with Crippen molar-refractivity contribution in [2.75, 3.05) is 39.1 Å². The van der Waals surface area contributed by atoms with Crippen molar-refractivity contribution in [3.05, 3.63) is 41.7 Å². The van der Waals surface area contributed by atoms with E-state index >= 15 is 0 Å². The Balaban J connectivity index is 1.79. The number of aromatic nitrogens is 2. The van der Waals surface area contributed by atoms with Crippen LogP contribution < -0.4 is 15.4 Å². The number of hydrogen-bond donors (Lipinski definition) is 2. The maximum Gasteiger partial charge on any atom is 0.276 e. The van der Waals surface area contributed by atoms with Gasteiger partial charge in [-0.1, -0.05) is 0 Å². The molecule has 2 amide bonds. The number of carbonyl (C=O) groups excluding carboxylic acids is 2. The molecule has 3 rings (SSSR count). The van der Waals surface area contributed by atoms with Crippen LogP contribution in [-0.2, 0) is 0 Å². The van der Waals surface area contributed by atoms with Crippen molar-refractivity contribution in [3.63, 3.8) is 0 Å². The number of ether oxygens (including phenoxy) is 1. The van der Waals surface area contributed by atoms with E-state index in [2.05, 4.69) is 15.7 Å². The average Bonchev–Trinajstić information content (AvgIpc) is 3.20. The zero-order valence-electron chi connectivity index (χ0n) is 16.6. The minimum atomic E-state index is -0.335. The quantitative estimate of drug-likeness (QED) is 0.796. The van der Waals surface area contributed by atoms with Gasteiger partial charge < -0.3 is 20.3 Å². The first-order valence-corrected chi connectivity index (χ1v) is 9.55. The lowest BCUT2D eigenvalue weighted by Crippen LogP contribution is -2.32. The van der Waals surface area contributed by atoms with Crippen molar-refractivity contribution in [3.8, 4) is 5.75 Å². The van der Waals surface area contributed by atoms with Crippen LogP contribution in [0, 0.1) is 0 Å². The van der Waals surface area contributed by atoms with E-state index in [9.17, 15) is 9.59 Å². The Morgan fingerprint density at radius 1 is 1.36 bits per heavy atom. The van der Waals surface area contributed by atoms with Gasteiger partial charge in [0, 0.05) is 32.4 Å². The summed E-state index contributed by atoms with van der Waals surface area (Å²) in [5.41, 5.74) is 1.26. The molecule has 1 aliphatic heterocycles. The first-order valence-electron chi connectivity index (χ1n) is 9.55. The lowest BCUT2D eigenvalue weighted by molar-refractivity contribution is 0.0827. The Morgan fingerprint density at radius 2 is 2.18 bits per heavy atom. The summed E-state index contributed by atoms with van der Waals surface area (Å²) in [4.78, 5) is 26.5. The summed E-state index contributed by atoms with van der Waals surface area (Å²) in [7, 11) is 3.37. The molecule has 1 unspecified atom stereocenters. The molecule has 0 aliphatic carbocycles. The largest absolute Gasteiger partial charge is 0.492 e. The second-order valence-corrected chi connectivity index (χ2v) is 6.98. The van der Waals surface area contributed by atoms with Crippen molar-refractivity contribution in [1.29, 1.82) is 0 Å². The van der Waals surface area contributed by atoms with Gasteiger partial charge in [0.1, 0.15) is 5.75 Å². The topological polar surface area (TPSA) is 88.5 Å². The van der Waals surface area contributed by atoms with E-state index in [0.29, 0.717) is 29.3 Å². The van der Waals surface area contributed by atoms with Crippen LogP contribution in [-0.4, -0.2) is 60.3 Å². The minimum Gasteiger partial charge on any atom is -0.492 e. The van der Waals surface area contributed by atoms with E-state index in [1.54, 1.807) is 38.4 Å². The van der Waals surface area contributed by atoms with Gasteiger partial charge in [-0.3, -0.25) is 14.3 Å². The molecule has 0 spiro atoms. The van der Waals surface area contributed by atoms with E-state index in [1.165, 1.54) is 4.90 Å². The van der Waals surface area contributed by atoms with Gasteiger partial charge in [-0.15, -0.1) is 0 Å². The molecule has 0 bridgehead atoms. The Morgan fingerprint density at radius 3 is 2.86 bits per heavy atom. The van der Waals surface area contributed by atoms with Gasteiger partial charge in [-0.2, -0.15) is 5.10 Å². The summed E-state index contributed by atoms with van der Waals surface area (Å²) < 4.78 is 7.44. The monoisotopic (exact) mass is 385 g/mol. The number of nitrogens with zero attached hydrogens (tertiary/aromatic N) is 3. The number of hydrogen-bond acceptors (Lipinski definition) is 5. The normalized spacial score (nSPS) is 16.5. The molecule has 28 heavy (non-hydrogen) atoms. The molecular weight excluding hydrogens is 358 g/mol. The third kappa shape index (κ3) is 4.51. The standard InChI is InChI=1S/C20H27N5O3/c1-4-28-18-8-7-14(20(27)24(2)3)12-17(18)22-19(26)16-9-11-25(23-16)15-6-5-10-21-13-15/h7-9,11-12,15,21H,4-6,10,13H2,1-3H3,(H,22,26). The van der Waals surface area contributed by atoms with Crippen molar-refractivity contribution in [2.45, 2.75) is 25.8 Å². The molecule has 1 atom stereocenters. The highest BCUT2D eigenvalue weighted by Crippen LogP contribution is 2.27. The van der Waals surface area contributed by atoms with Gasteiger partial charge in [0.25, 0.3) is 11.8 Å². The van der Waals surface area contributed by atoms with E-state index in [1.807, 2.05) is 17.8 Å². The average molecular weight is 385 g/mol. The fourth-order valence-corrected chi connectivity index (χ4v) is 3.21. The van der Waals surface area contributed by atoms with Crippen molar-refractivity contribution >= 4 is 17.5 Å². The molecule has 0 saturated carbocycles. The number of anilines is 1. The number of nitrogens with one attached hydrogen (secondary N) is 2. The lowest BCUT2D eigenvalue weighted by atomic mass is 10.1. The van der Waals surface area contributed by atoms with Crippen LogP contribution in [0.5, 0.6) is 5.75 Å². The Kier molecular flexibility index (Phi) is 6.30. The number of benzene rings is 1. The van der Waals surface area contributed by atoms with Crippen molar-refractivity contribution < 1.29 is 14.3 Å². The summed E-state index contributed by atoms with van der Waals surface area (Å²) in [5.74, 6) is 0.0348. The minimum absolute atomic E-state index is 0.146. The number of piperidine rings is 1. The first kappa shape index (κ1) is 19.9. The van der Waals surface area contributed by atoms with Crippen LogP contribution in [0.2, 0.25) is 0 Å².